The quantitative estimate of drug-likeness (QED) is 0.389. The number of carboxylic acids is 1. The molecule has 1 aromatic carbocycles. The van der Waals surface area contributed by atoms with Crippen molar-refractivity contribution in [1.82, 2.24) is 4.90 Å². The second-order valence-electron chi connectivity index (χ2n) is 5.65. The molecule has 0 atom stereocenters. The highest BCUT2D eigenvalue weighted by molar-refractivity contribution is 8.26. The third kappa shape index (κ3) is 5.22. The number of methoxy groups -OCH3 is 2. The molecule has 0 aromatic heterocycles. The summed E-state index contributed by atoms with van der Waals surface area (Å²) < 4.78 is 11.1. The lowest BCUT2D eigenvalue weighted by atomic mass is 10.1. The topological polar surface area (TPSA) is 76.1 Å². The van der Waals surface area contributed by atoms with Gasteiger partial charge < -0.3 is 14.6 Å². The van der Waals surface area contributed by atoms with Gasteiger partial charge in [-0.3, -0.25) is 14.5 Å². The van der Waals surface area contributed by atoms with E-state index in [1.54, 1.807) is 43.4 Å². The number of hydrogen-bond acceptors (Lipinski definition) is 6. The first-order valence-electron chi connectivity index (χ1n) is 8.15. The monoisotopic (exact) mass is 395 g/mol. The molecule has 0 saturated carbocycles. The Hall–Kier alpha value is -2.06. The van der Waals surface area contributed by atoms with Gasteiger partial charge in [-0.2, -0.15) is 0 Å². The van der Waals surface area contributed by atoms with Crippen molar-refractivity contribution in [1.29, 1.82) is 0 Å². The van der Waals surface area contributed by atoms with Crippen LogP contribution in [0.2, 0.25) is 0 Å². The number of hydrogen-bond donors (Lipinski definition) is 1. The highest BCUT2D eigenvalue weighted by atomic mass is 32.2. The second kappa shape index (κ2) is 9.59. The minimum Gasteiger partial charge on any atom is -0.497 e. The Labute approximate surface area is 162 Å². The smallest absolute Gasteiger partial charge is 0.303 e. The summed E-state index contributed by atoms with van der Waals surface area (Å²) in [5, 5.41) is 8.65. The fraction of sp³-hybridized carbons (Fsp3) is 0.389. The molecule has 0 unspecified atom stereocenters. The van der Waals surface area contributed by atoms with Crippen LogP contribution in [0.25, 0.3) is 6.08 Å². The van der Waals surface area contributed by atoms with Gasteiger partial charge in [0.1, 0.15) is 15.8 Å². The van der Waals surface area contributed by atoms with Gasteiger partial charge in [0, 0.05) is 18.5 Å². The molecule has 1 N–H and O–H groups in total. The van der Waals surface area contributed by atoms with E-state index in [0.29, 0.717) is 33.7 Å². The number of aliphatic carboxylic acids is 1. The van der Waals surface area contributed by atoms with Gasteiger partial charge in [-0.1, -0.05) is 30.4 Å². The molecule has 26 heavy (non-hydrogen) atoms. The first-order chi connectivity index (χ1) is 12.5. The predicted octanol–water partition coefficient (Wildman–Crippen LogP) is 3.55. The molecular weight excluding hydrogens is 374 g/mol. The van der Waals surface area contributed by atoms with Crippen LogP contribution < -0.4 is 9.47 Å². The summed E-state index contributed by atoms with van der Waals surface area (Å²) >= 11 is 6.57. The molecule has 1 fully saturated rings. The van der Waals surface area contributed by atoms with E-state index in [2.05, 4.69) is 0 Å². The lowest BCUT2D eigenvalue weighted by Crippen LogP contribution is -2.29. The van der Waals surface area contributed by atoms with Crippen LogP contribution in [-0.4, -0.2) is 47.0 Å². The molecule has 0 radical (unpaired) electrons. The van der Waals surface area contributed by atoms with Crippen LogP contribution in [0.4, 0.5) is 0 Å². The van der Waals surface area contributed by atoms with Crippen LogP contribution in [0.15, 0.2) is 23.1 Å². The maximum atomic E-state index is 12.6. The Kier molecular flexibility index (Phi) is 7.47. The number of carboxylic acid groups (broad SMARTS) is 1. The lowest BCUT2D eigenvalue weighted by molar-refractivity contribution is -0.137. The van der Waals surface area contributed by atoms with E-state index in [9.17, 15) is 9.59 Å². The first kappa shape index (κ1) is 20.3. The van der Waals surface area contributed by atoms with Gasteiger partial charge in [-0.05, 0) is 37.1 Å². The van der Waals surface area contributed by atoms with Crippen molar-refractivity contribution in [3.63, 3.8) is 0 Å². The lowest BCUT2D eigenvalue weighted by Gasteiger charge is -2.13. The Morgan fingerprint density at radius 2 is 2.04 bits per heavy atom. The molecule has 1 heterocycles. The number of carbonyl (C=O) groups is 2. The van der Waals surface area contributed by atoms with Crippen LogP contribution in [0, 0.1) is 0 Å². The van der Waals surface area contributed by atoms with Crippen molar-refractivity contribution in [2.45, 2.75) is 25.7 Å². The fourth-order valence-electron chi connectivity index (χ4n) is 2.51. The van der Waals surface area contributed by atoms with Gasteiger partial charge in [0.15, 0.2) is 0 Å². The maximum absolute atomic E-state index is 12.6. The van der Waals surface area contributed by atoms with E-state index >= 15 is 0 Å². The first-order valence-corrected chi connectivity index (χ1v) is 9.38. The molecule has 1 aliphatic rings. The number of rotatable bonds is 9. The highest BCUT2D eigenvalue weighted by Crippen LogP contribution is 2.35. The predicted molar refractivity (Wildman–Crippen MR) is 106 cm³/mol. The molecule has 6 nitrogen and oxygen atoms in total. The highest BCUT2D eigenvalue weighted by Gasteiger charge is 2.31. The second-order valence-corrected chi connectivity index (χ2v) is 7.32. The van der Waals surface area contributed by atoms with Crippen LogP contribution in [0.3, 0.4) is 0 Å². The van der Waals surface area contributed by atoms with Crippen molar-refractivity contribution in [3.8, 4) is 11.5 Å². The summed E-state index contributed by atoms with van der Waals surface area (Å²) in [6, 6.07) is 5.38. The van der Waals surface area contributed by atoms with E-state index in [1.807, 2.05) is 0 Å². The number of thiocarbonyl (C=S) groups is 1. The summed E-state index contributed by atoms with van der Waals surface area (Å²) in [6.07, 6.45) is 3.96. The van der Waals surface area contributed by atoms with Crippen molar-refractivity contribution in [3.05, 3.63) is 28.7 Å². The van der Waals surface area contributed by atoms with Crippen molar-refractivity contribution >= 4 is 46.3 Å². The average Bonchev–Trinajstić information content (AvgIpc) is 2.88. The molecule has 2 rings (SSSR count). The van der Waals surface area contributed by atoms with Crippen LogP contribution in [0.5, 0.6) is 11.5 Å². The van der Waals surface area contributed by atoms with Gasteiger partial charge in [-0.15, -0.1) is 0 Å². The number of amides is 1. The Bertz CT molecular complexity index is 732. The van der Waals surface area contributed by atoms with E-state index in [-0.39, 0.29) is 12.3 Å². The van der Waals surface area contributed by atoms with Gasteiger partial charge in [-0.25, -0.2) is 0 Å². The third-order valence-electron chi connectivity index (χ3n) is 3.87. The third-order valence-corrected chi connectivity index (χ3v) is 5.25. The van der Waals surface area contributed by atoms with E-state index in [4.69, 9.17) is 26.8 Å². The number of unbranched alkanes of at least 4 members (excludes halogenated alkanes) is 2. The zero-order valence-corrected chi connectivity index (χ0v) is 16.3. The van der Waals surface area contributed by atoms with Crippen LogP contribution in [-0.2, 0) is 9.59 Å². The SMILES string of the molecule is COc1ccc(OC)c(/C=C2/SC(=S)N(CCCCCC(=O)O)C2=O)c1. The Morgan fingerprint density at radius 1 is 1.27 bits per heavy atom. The zero-order chi connectivity index (χ0) is 19.1. The molecule has 1 aromatic rings. The largest absolute Gasteiger partial charge is 0.497 e. The standard InChI is InChI=1S/C18H21NO5S2/c1-23-13-7-8-14(24-2)12(10-13)11-15-17(22)19(18(25)26-15)9-5-3-4-6-16(20)21/h7-8,10-11H,3-6,9H2,1-2H3,(H,20,21)/b15-11+. The number of carbonyl (C=O) groups excluding carboxylic acids is 1. The van der Waals surface area contributed by atoms with Gasteiger partial charge in [0.2, 0.25) is 0 Å². The molecule has 1 amide bonds. The number of ether oxygens (including phenoxy) is 2. The van der Waals surface area contributed by atoms with Crippen molar-refractivity contribution in [2.24, 2.45) is 0 Å². The molecule has 140 valence electrons. The number of thioether (sulfide) groups is 1. The minimum atomic E-state index is -0.800. The van der Waals surface area contributed by atoms with Crippen LogP contribution >= 0.6 is 24.0 Å². The summed E-state index contributed by atoms with van der Waals surface area (Å²) in [5.74, 6) is 0.379. The zero-order valence-electron chi connectivity index (χ0n) is 14.7. The summed E-state index contributed by atoms with van der Waals surface area (Å²) in [4.78, 5) is 25.3. The normalized spacial score (nSPS) is 15.6. The van der Waals surface area contributed by atoms with Crippen molar-refractivity contribution in [2.75, 3.05) is 20.8 Å². The molecule has 0 aliphatic carbocycles. The van der Waals surface area contributed by atoms with E-state index in [0.717, 1.165) is 18.4 Å². The number of benzene rings is 1. The van der Waals surface area contributed by atoms with E-state index in [1.165, 1.54) is 11.8 Å². The molecule has 8 heteroatoms. The van der Waals surface area contributed by atoms with E-state index < -0.39 is 5.97 Å². The molecule has 0 bridgehead atoms. The fourth-order valence-corrected chi connectivity index (χ4v) is 3.81. The van der Waals surface area contributed by atoms with Gasteiger partial charge >= 0.3 is 5.97 Å². The summed E-state index contributed by atoms with van der Waals surface area (Å²) in [6.45, 7) is 0.497. The molecule has 0 spiro atoms. The summed E-state index contributed by atoms with van der Waals surface area (Å²) in [5.41, 5.74) is 0.744. The maximum Gasteiger partial charge on any atom is 0.303 e. The van der Waals surface area contributed by atoms with Crippen LogP contribution in [0.1, 0.15) is 31.2 Å². The van der Waals surface area contributed by atoms with Gasteiger partial charge in [0.25, 0.3) is 5.91 Å². The average molecular weight is 396 g/mol. The minimum absolute atomic E-state index is 0.136. The van der Waals surface area contributed by atoms with Gasteiger partial charge in [0.05, 0.1) is 19.1 Å². The Balaban J connectivity index is 2.06. The summed E-state index contributed by atoms with van der Waals surface area (Å²) in [7, 11) is 3.15. The van der Waals surface area contributed by atoms with Crippen molar-refractivity contribution < 1.29 is 24.2 Å². The number of nitrogens with zero attached hydrogens (tertiary/aromatic N) is 1. The Morgan fingerprint density at radius 3 is 2.69 bits per heavy atom. The molecular formula is C18H21NO5S2. The molecule has 1 saturated heterocycles. The molecule has 1 aliphatic heterocycles.